The van der Waals surface area contributed by atoms with E-state index in [1.54, 1.807) is 6.26 Å². The third-order valence-electron chi connectivity index (χ3n) is 5.12. The molecule has 39 heavy (non-hydrogen) atoms. The van der Waals surface area contributed by atoms with Crippen LogP contribution >= 0.6 is 11.8 Å². The average Bonchev–Trinajstić information content (AvgIpc) is 2.84. The number of amides is 3. The second kappa shape index (κ2) is 19.3. The number of carbonyl (C=O) groups excluding carboxylic acids is 3. The van der Waals surface area contributed by atoms with Crippen LogP contribution in [0.2, 0.25) is 0 Å². The van der Waals surface area contributed by atoms with E-state index < -0.39 is 60.2 Å². The number of guanidine groups is 2. The molecule has 0 bridgehead atoms. The maximum Gasteiger partial charge on any atom is 0.326 e. The molecular formula is C21H40N10O7S. The van der Waals surface area contributed by atoms with E-state index in [0.29, 0.717) is 12.2 Å². The van der Waals surface area contributed by atoms with E-state index in [2.05, 4.69) is 25.9 Å². The normalized spacial score (nSPS) is 13.6. The third-order valence-corrected chi connectivity index (χ3v) is 5.76. The molecule has 3 amide bonds. The molecule has 0 spiro atoms. The van der Waals surface area contributed by atoms with E-state index in [0.717, 1.165) is 0 Å². The first-order chi connectivity index (χ1) is 18.3. The zero-order valence-corrected chi connectivity index (χ0v) is 22.6. The number of aliphatic carboxylic acids is 2. The molecule has 4 unspecified atom stereocenters. The van der Waals surface area contributed by atoms with Gasteiger partial charge in [0.15, 0.2) is 11.9 Å². The van der Waals surface area contributed by atoms with E-state index in [1.165, 1.54) is 11.8 Å². The molecule has 0 radical (unpaired) electrons. The van der Waals surface area contributed by atoms with Crippen LogP contribution in [-0.4, -0.2) is 101 Å². The molecule has 18 heteroatoms. The number of hydrogen-bond acceptors (Lipinski definition) is 9. The minimum atomic E-state index is -1.57. The molecule has 17 nitrogen and oxygen atoms in total. The maximum atomic E-state index is 13.0. The molecule has 0 fully saturated rings. The van der Waals surface area contributed by atoms with Crippen molar-refractivity contribution in [1.82, 2.24) is 16.0 Å². The Labute approximate surface area is 230 Å². The highest BCUT2D eigenvalue weighted by Gasteiger charge is 2.31. The molecule has 0 saturated carbocycles. The van der Waals surface area contributed by atoms with Crippen molar-refractivity contribution in [3.8, 4) is 0 Å². The number of carboxylic acids is 2. The molecule has 4 atom stereocenters. The summed E-state index contributed by atoms with van der Waals surface area (Å²) in [5, 5.41) is 25.7. The number of carboxylic acid groups (broad SMARTS) is 2. The van der Waals surface area contributed by atoms with Crippen LogP contribution < -0.4 is 44.6 Å². The van der Waals surface area contributed by atoms with Gasteiger partial charge in [-0.15, -0.1) is 0 Å². The summed E-state index contributed by atoms with van der Waals surface area (Å²) in [5.74, 6) is -5.07. The van der Waals surface area contributed by atoms with Gasteiger partial charge in [-0.05, 0) is 44.1 Å². The zero-order chi connectivity index (χ0) is 30.0. The zero-order valence-electron chi connectivity index (χ0n) is 21.8. The molecule has 222 valence electrons. The molecule has 0 aliphatic heterocycles. The maximum absolute atomic E-state index is 13.0. The Bertz CT molecular complexity index is 894. The molecule has 0 heterocycles. The number of rotatable bonds is 20. The lowest BCUT2D eigenvalue weighted by molar-refractivity contribution is -0.143. The van der Waals surface area contributed by atoms with Gasteiger partial charge in [0.1, 0.15) is 18.1 Å². The van der Waals surface area contributed by atoms with E-state index in [9.17, 15) is 34.2 Å². The molecule has 0 saturated heterocycles. The van der Waals surface area contributed by atoms with Crippen LogP contribution in [0.5, 0.6) is 0 Å². The molecule has 0 rings (SSSR count). The number of thioether (sulfide) groups is 1. The Morgan fingerprint density at radius 1 is 0.744 bits per heavy atom. The first-order valence-corrected chi connectivity index (χ1v) is 13.4. The van der Waals surface area contributed by atoms with E-state index >= 15 is 0 Å². The predicted molar refractivity (Wildman–Crippen MR) is 146 cm³/mol. The second-order valence-corrected chi connectivity index (χ2v) is 9.39. The van der Waals surface area contributed by atoms with Gasteiger partial charge in [-0.2, -0.15) is 11.8 Å². The topological polar surface area (TPSA) is 317 Å². The van der Waals surface area contributed by atoms with Crippen molar-refractivity contribution in [2.45, 2.75) is 62.7 Å². The largest absolute Gasteiger partial charge is 0.481 e. The minimum Gasteiger partial charge on any atom is -0.481 e. The van der Waals surface area contributed by atoms with Crippen molar-refractivity contribution < 1.29 is 34.2 Å². The van der Waals surface area contributed by atoms with Crippen LogP contribution in [0.4, 0.5) is 0 Å². The van der Waals surface area contributed by atoms with Gasteiger partial charge in [-0.1, -0.05) is 0 Å². The molecule has 0 aromatic carbocycles. The summed E-state index contributed by atoms with van der Waals surface area (Å²) >= 11 is 1.39. The van der Waals surface area contributed by atoms with E-state index in [4.69, 9.17) is 28.7 Å². The number of nitrogens with zero attached hydrogens (tertiary/aromatic N) is 2. The summed E-state index contributed by atoms with van der Waals surface area (Å²) in [6, 6.07) is -5.15. The number of nitrogens with two attached hydrogens (primary N) is 5. The molecule has 0 aliphatic carbocycles. The molecule has 0 aromatic heterocycles. The standard InChI is InChI=1S/C21H40N10O7S/c1-39-9-6-13(19(37)38)30-17(35)12(5-3-8-28-21(25)26)29-18(36)14(10-15(32)33)31-16(34)11(22)4-2-7-27-20(23)24/h11-14H,2-10,22H2,1H3,(H,29,36)(H,30,35)(H,31,34)(H,32,33)(H,37,38)(H4,23,24,27)(H4,25,26,28). The summed E-state index contributed by atoms with van der Waals surface area (Å²) < 4.78 is 0. The van der Waals surface area contributed by atoms with Gasteiger partial charge in [-0.3, -0.25) is 29.2 Å². The predicted octanol–water partition coefficient (Wildman–Crippen LogP) is -3.81. The fourth-order valence-electron chi connectivity index (χ4n) is 3.12. The van der Waals surface area contributed by atoms with Crippen molar-refractivity contribution in [3.63, 3.8) is 0 Å². The summed E-state index contributed by atoms with van der Waals surface area (Å²) in [6.07, 6.45) is 1.81. The van der Waals surface area contributed by atoms with E-state index in [-0.39, 0.29) is 50.7 Å². The van der Waals surface area contributed by atoms with Gasteiger partial charge < -0.3 is 54.8 Å². The molecule has 0 aliphatic rings. The Morgan fingerprint density at radius 3 is 1.72 bits per heavy atom. The Balaban J connectivity index is 5.55. The monoisotopic (exact) mass is 576 g/mol. The molecule has 0 aromatic rings. The SMILES string of the molecule is CSCCC(NC(=O)C(CCCN=C(N)N)NC(=O)C(CC(=O)O)NC(=O)C(N)CCCN=C(N)N)C(=O)O. The van der Waals surface area contributed by atoms with Crippen LogP contribution in [-0.2, 0) is 24.0 Å². The first-order valence-electron chi connectivity index (χ1n) is 12.0. The van der Waals surface area contributed by atoms with Gasteiger partial charge in [0.25, 0.3) is 0 Å². The first kappa shape index (κ1) is 35.2. The lowest BCUT2D eigenvalue weighted by Crippen LogP contribution is -2.57. The fourth-order valence-corrected chi connectivity index (χ4v) is 3.59. The van der Waals surface area contributed by atoms with E-state index in [1.807, 2.05) is 0 Å². The fraction of sp³-hybridized carbons (Fsp3) is 0.667. The van der Waals surface area contributed by atoms with Crippen LogP contribution in [0.25, 0.3) is 0 Å². The van der Waals surface area contributed by atoms with Gasteiger partial charge >= 0.3 is 11.9 Å². The van der Waals surface area contributed by atoms with Crippen molar-refractivity contribution in [2.24, 2.45) is 38.7 Å². The van der Waals surface area contributed by atoms with Crippen LogP contribution in [0.1, 0.15) is 38.5 Å². The van der Waals surface area contributed by atoms with Crippen molar-refractivity contribution in [3.05, 3.63) is 0 Å². The Hall–Kier alpha value is -3.80. The van der Waals surface area contributed by atoms with Gasteiger partial charge in [-0.25, -0.2) is 4.79 Å². The minimum absolute atomic E-state index is 0.0126. The Kier molecular flexibility index (Phi) is 17.4. The van der Waals surface area contributed by atoms with Crippen LogP contribution in [0.3, 0.4) is 0 Å². The van der Waals surface area contributed by atoms with Crippen molar-refractivity contribution in [2.75, 3.05) is 25.1 Å². The average molecular weight is 577 g/mol. The van der Waals surface area contributed by atoms with Gasteiger partial charge in [0, 0.05) is 13.1 Å². The third kappa shape index (κ3) is 16.6. The lowest BCUT2D eigenvalue weighted by atomic mass is 10.1. The molecule has 15 N–H and O–H groups in total. The number of carbonyl (C=O) groups is 5. The highest BCUT2D eigenvalue weighted by molar-refractivity contribution is 7.98. The lowest BCUT2D eigenvalue weighted by Gasteiger charge is -2.24. The number of nitrogens with one attached hydrogen (secondary N) is 3. The summed E-state index contributed by atoms with van der Waals surface area (Å²) in [7, 11) is 0. The Morgan fingerprint density at radius 2 is 1.23 bits per heavy atom. The second-order valence-electron chi connectivity index (χ2n) is 8.41. The quantitative estimate of drug-likeness (QED) is 0.0378. The number of aliphatic imine (C=N–C) groups is 2. The van der Waals surface area contributed by atoms with Gasteiger partial charge in [0.05, 0.1) is 12.5 Å². The van der Waals surface area contributed by atoms with Crippen LogP contribution in [0.15, 0.2) is 9.98 Å². The van der Waals surface area contributed by atoms with Crippen molar-refractivity contribution >= 4 is 53.3 Å². The molecular weight excluding hydrogens is 536 g/mol. The summed E-state index contributed by atoms with van der Waals surface area (Å²) in [6.45, 7) is 0.327. The highest BCUT2D eigenvalue weighted by Crippen LogP contribution is 2.06. The van der Waals surface area contributed by atoms with Crippen LogP contribution in [0, 0.1) is 0 Å². The number of hydrogen-bond donors (Lipinski definition) is 10. The highest BCUT2D eigenvalue weighted by atomic mass is 32.2. The summed E-state index contributed by atoms with van der Waals surface area (Å²) in [4.78, 5) is 68.9. The van der Waals surface area contributed by atoms with Gasteiger partial charge in [0.2, 0.25) is 17.7 Å². The summed E-state index contributed by atoms with van der Waals surface area (Å²) in [5.41, 5.74) is 26.9. The van der Waals surface area contributed by atoms with Crippen molar-refractivity contribution in [1.29, 1.82) is 0 Å². The smallest absolute Gasteiger partial charge is 0.326 e.